The average molecular weight is 445 g/mol. The quantitative estimate of drug-likeness (QED) is 0.437. The second-order valence-electron chi connectivity index (χ2n) is 7.60. The van der Waals surface area contributed by atoms with Gasteiger partial charge in [0, 0.05) is 12.1 Å². The summed E-state index contributed by atoms with van der Waals surface area (Å²) >= 11 is 0. The maximum Gasteiger partial charge on any atom is 0.337 e. The van der Waals surface area contributed by atoms with Crippen LogP contribution in [0.3, 0.4) is 0 Å². The fraction of sp³-hybridized carbons (Fsp3) is 0.208. The Kier molecular flexibility index (Phi) is 6.30. The van der Waals surface area contributed by atoms with Crippen LogP contribution in [0.25, 0.3) is 11.0 Å². The molecule has 0 saturated carbocycles. The number of esters is 1. The number of rotatable bonds is 7. The van der Waals surface area contributed by atoms with Crippen LogP contribution in [0.5, 0.6) is 0 Å². The lowest BCUT2D eigenvalue weighted by Gasteiger charge is -2.08. The molecule has 2 heterocycles. The number of benzene rings is 2. The van der Waals surface area contributed by atoms with Gasteiger partial charge in [0.15, 0.2) is 5.65 Å². The first kappa shape index (κ1) is 21.9. The number of aromatic nitrogens is 4. The van der Waals surface area contributed by atoms with E-state index in [1.165, 1.54) is 31.8 Å². The number of carbonyl (C=O) groups is 2. The summed E-state index contributed by atoms with van der Waals surface area (Å²) in [4.78, 5) is 41.1. The SMILES string of the molecule is COC(=O)c1ccc(C(=O)NCCn2ncc3c(=O)n(Cc4cccc(C)c4)cnc32)cc1. The normalized spacial score (nSPS) is 10.8. The molecular weight excluding hydrogens is 422 g/mol. The zero-order valence-corrected chi connectivity index (χ0v) is 18.3. The van der Waals surface area contributed by atoms with Crippen LogP contribution < -0.4 is 10.9 Å². The first-order chi connectivity index (χ1) is 16.0. The average Bonchev–Trinajstić information content (AvgIpc) is 3.24. The number of hydrogen-bond donors (Lipinski definition) is 1. The molecule has 0 spiro atoms. The van der Waals surface area contributed by atoms with Gasteiger partial charge in [0.2, 0.25) is 0 Å². The molecule has 0 atom stereocenters. The number of ether oxygens (including phenoxy) is 1. The summed E-state index contributed by atoms with van der Waals surface area (Å²) in [5.74, 6) is -0.741. The third-order valence-corrected chi connectivity index (χ3v) is 5.24. The van der Waals surface area contributed by atoms with E-state index in [1.54, 1.807) is 21.4 Å². The maximum absolute atomic E-state index is 12.9. The number of carbonyl (C=O) groups excluding carboxylic acids is 2. The summed E-state index contributed by atoms with van der Waals surface area (Å²) in [5, 5.41) is 7.49. The summed E-state index contributed by atoms with van der Waals surface area (Å²) in [5.41, 5.74) is 3.25. The van der Waals surface area contributed by atoms with Crippen LogP contribution in [-0.2, 0) is 17.8 Å². The summed E-state index contributed by atoms with van der Waals surface area (Å²) < 4.78 is 7.80. The van der Waals surface area contributed by atoms with Gasteiger partial charge in [-0.25, -0.2) is 14.5 Å². The van der Waals surface area contributed by atoms with Gasteiger partial charge in [-0.1, -0.05) is 29.8 Å². The third kappa shape index (κ3) is 4.82. The van der Waals surface area contributed by atoms with Crippen LogP contribution in [0, 0.1) is 6.92 Å². The Labute approximate surface area is 189 Å². The lowest BCUT2D eigenvalue weighted by Crippen LogP contribution is -2.28. The van der Waals surface area contributed by atoms with Crippen molar-refractivity contribution in [2.45, 2.75) is 20.0 Å². The molecule has 0 bridgehead atoms. The van der Waals surface area contributed by atoms with Gasteiger partial charge in [0.05, 0.1) is 32.0 Å². The van der Waals surface area contributed by atoms with Crippen molar-refractivity contribution in [3.63, 3.8) is 0 Å². The molecule has 33 heavy (non-hydrogen) atoms. The fourth-order valence-electron chi connectivity index (χ4n) is 3.53. The number of nitrogens with one attached hydrogen (secondary N) is 1. The second-order valence-corrected chi connectivity index (χ2v) is 7.60. The van der Waals surface area contributed by atoms with E-state index < -0.39 is 5.97 Å². The fourth-order valence-corrected chi connectivity index (χ4v) is 3.53. The first-order valence-electron chi connectivity index (χ1n) is 10.4. The first-order valence-corrected chi connectivity index (χ1v) is 10.4. The molecule has 0 saturated heterocycles. The molecule has 4 aromatic rings. The molecule has 1 amide bonds. The highest BCUT2D eigenvalue weighted by Crippen LogP contribution is 2.09. The van der Waals surface area contributed by atoms with Crippen molar-refractivity contribution >= 4 is 22.9 Å². The molecule has 0 radical (unpaired) electrons. The Morgan fingerprint density at radius 1 is 1.09 bits per heavy atom. The third-order valence-electron chi connectivity index (χ3n) is 5.24. The highest BCUT2D eigenvalue weighted by atomic mass is 16.5. The van der Waals surface area contributed by atoms with Gasteiger partial charge in [-0.05, 0) is 36.8 Å². The van der Waals surface area contributed by atoms with Crippen LogP contribution in [0.15, 0.2) is 65.8 Å². The van der Waals surface area contributed by atoms with Gasteiger partial charge in [0.25, 0.3) is 11.5 Å². The number of nitrogens with zero attached hydrogens (tertiary/aromatic N) is 4. The van der Waals surface area contributed by atoms with Gasteiger partial charge < -0.3 is 10.1 Å². The van der Waals surface area contributed by atoms with Gasteiger partial charge >= 0.3 is 5.97 Å². The van der Waals surface area contributed by atoms with Gasteiger partial charge in [-0.15, -0.1) is 0 Å². The minimum absolute atomic E-state index is 0.164. The molecule has 0 aliphatic rings. The van der Waals surface area contributed by atoms with Crippen LogP contribution in [0.2, 0.25) is 0 Å². The Hall–Kier alpha value is -4.27. The number of hydrogen-bond acceptors (Lipinski definition) is 6. The van der Waals surface area contributed by atoms with E-state index >= 15 is 0 Å². The molecule has 4 rings (SSSR count). The van der Waals surface area contributed by atoms with Crippen molar-refractivity contribution in [2.24, 2.45) is 0 Å². The van der Waals surface area contributed by atoms with Gasteiger partial charge in [-0.3, -0.25) is 14.2 Å². The van der Waals surface area contributed by atoms with E-state index in [0.717, 1.165) is 11.1 Å². The molecule has 0 aliphatic heterocycles. The van der Waals surface area contributed by atoms with Gasteiger partial charge in [0.1, 0.15) is 11.7 Å². The minimum atomic E-state index is -0.460. The van der Waals surface area contributed by atoms with Crippen LogP contribution in [0.4, 0.5) is 0 Å². The van der Waals surface area contributed by atoms with Crippen molar-refractivity contribution in [2.75, 3.05) is 13.7 Å². The van der Waals surface area contributed by atoms with Crippen LogP contribution in [0.1, 0.15) is 31.8 Å². The van der Waals surface area contributed by atoms with Gasteiger partial charge in [-0.2, -0.15) is 5.10 Å². The number of methoxy groups -OCH3 is 1. The minimum Gasteiger partial charge on any atom is -0.465 e. The predicted octanol–water partition coefficient (Wildman–Crippen LogP) is 2.17. The Bertz CT molecular complexity index is 1370. The predicted molar refractivity (Wildman–Crippen MR) is 122 cm³/mol. The Balaban J connectivity index is 1.41. The van der Waals surface area contributed by atoms with E-state index in [-0.39, 0.29) is 11.5 Å². The van der Waals surface area contributed by atoms with E-state index in [1.807, 2.05) is 31.2 Å². The maximum atomic E-state index is 12.9. The molecule has 9 nitrogen and oxygen atoms in total. The van der Waals surface area contributed by atoms with Crippen molar-refractivity contribution < 1.29 is 14.3 Å². The monoisotopic (exact) mass is 445 g/mol. The molecule has 168 valence electrons. The van der Waals surface area contributed by atoms with E-state index in [0.29, 0.717) is 41.8 Å². The van der Waals surface area contributed by atoms with E-state index in [2.05, 4.69) is 20.1 Å². The molecule has 0 fully saturated rings. The van der Waals surface area contributed by atoms with Crippen LogP contribution >= 0.6 is 0 Å². The smallest absolute Gasteiger partial charge is 0.337 e. The summed E-state index contributed by atoms with van der Waals surface area (Å²) in [6.45, 7) is 3.08. The summed E-state index contributed by atoms with van der Waals surface area (Å²) in [7, 11) is 1.30. The van der Waals surface area contributed by atoms with Crippen molar-refractivity contribution in [3.05, 3.63) is 93.7 Å². The van der Waals surface area contributed by atoms with Crippen molar-refractivity contribution in [1.29, 1.82) is 0 Å². The lowest BCUT2D eigenvalue weighted by atomic mass is 10.1. The van der Waals surface area contributed by atoms with Crippen molar-refractivity contribution in [3.8, 4) is 0 Å². The molecule has 9 heteroatoms. The molecule has 1 N–H and O–H groups in total. The number of amides is 1. The molecule has 2 aromatic carbocycles. The number of fused-ring (bicyclic) bond motifs is 1. The van der Waals surface area contributed by atoms with E-state index in [4.69, 9.17) is 0 Å². The molecule has 2 aromatic heterocycles. The standard InChI is InChI=1S/C24H23N5O4/c1-16-4-3-5-17(12-16)14-28-15-26-21-20(23(28)31)13-27-29(21)11-10-25-22(30)18-6-8-19(9-7-18)24(32)33-2/h3-9,12-13,15H,10-11,14H2,1-2H3,(H,25,30). The molecule has 0 aliphatic carbocycles. The molecule has 0 unspecified atom stereocenters. The van der Waals surface area contributed by atoms with Crippen LogP contribution in [-0.4, -0.2) is 44.9 Å². The largest absolute Gasteiger partial charge is 0.465 e. The topological polar surface area (TPSA) is 108 Å². The second kappa shape index (κ2) is 9.47. The lowest BCUT2D eigenvalue weighted by molar-refractivity contribution is 0.0600. The van der Waals surface area contributed by atoms with Crippen molar-refractivity contribution in [1.82, 2.24) is 24.6 Å². The summed E-state index contributed by atoms with van der Waals surface area (Å²) in [6, 6.07) is 14.2. The Morgan fingerprint density at radius 3 is 2.58 bits per heavy atom. The Morgan fingerprint density at radius 2 is 1.85 bits per heavy atom. The summed E-state index contributed by atoms with van der Waals surface area (Å²) in [6.07, 6.45) is 3.03. The van der Waals surface area contributed by atoms with E-state index in [9.17, 15) is 14.4 Å². The molecular formula is C24H23N5O4. The highest BCUT2D eigenvalue weighted by molar-refractivity contribution is 5.96. The zero-order valence-electron chi connectivity index (χ0n) is 18.3. The highest BCUT2D eigenvalue weighted by Gasteiger charge is 2.12. The zero-order chi connectivity index (χ0) is 23.4. The number of aryl methyl sites for hydroxylation is 1.